The number of halogens is 3. The van der Waals surface area contributed by atoms with Gasteiger partial charge in [-0.15, -0.1) is 0 Å². The summed E-state index contributed by atoms with van der Waals surface area (Å²) < 4.78 is 44.5. The molecule has 3 rings (SSSR count). The number of methoxy groups -OCH3 is 1. The van der Waals surface area contributed by atoms with Crippen molar-refractivity contribution in [3.63, 3.8) is 0 Å². The Morgan fingerprint density at radius 2 is 1.97 bits per heavy atom. The third kappa shape index (κ3) is 4.98. The third-order valence-corrected chi connectivity index (χ3v) is 3.91. The molecule has 0 bridgehead atoms. The molecule has 0 saturated carbocycles. The maximum absolute atomic E-state index is 12.8. The molecule has 0 spiro atoms. The normalized spacial score (nSPS) is 11.2. The first-order valence-corrected chi connectivity index (χ1v) is 8.30. The quantitative estimate of drug-likeness (QED) is 0.659. The summed E-state index contributed by atoms with van der Waals surface area (Å²) >= 11 is 0. The Morgan fingerprint density at radius 3 is 2.62 bits per heavy atom. The van der Waals surface area contributed by atoms with Crippen molar-refractivity contribution < 1.29 is 27.5 Å². The van der Waals surface area contributed by atoms with E-state index in [9.17, 15) is 22.8 Å². The van der Waals surface area contributed by atoms with Crippen LogP contribution >= 0.6 is 0 Å². The predicted molar refractivity (Wildman–Crippen MR) is 96.3 cm³/mol. The molecule has 0 radical (unpaired) electrons. The van der Waals surface area contributed by atoms with Crippen molar-refractivity contribution in [3.05, 3.63) is 77.5 Å². The van der Waals surface area contributed by atoms with E-state index >= 15 is 0 Å². The van der Waals surface area contributed by atoms with Crippen molar-refractivity contribution in [3.8, 4) is 0 Å². The molecule has 0 aliphatic heterocycles. The highest BCUT2D eigenvalue weighted by molar-refractivity contribution is 6.02. The molecule has 1 amide bonds. The fourth-order valence-corrected chi connectivity index (χ4v) is 2.52. The number of anilines is 1. The van der Waals surface area contributed by atoms with Crippen LogP contribution in [0.25, 0.3) is 0 Å². The Balaban J connectivity index is 1.66. The Kier molecular flexibility index (Phi) is 5.62. The number of hydrogen-bond donors (Lipinski definition) is 1. The summed E-state index contributed by atoms with van der Waals surface area (Å²) in [5, 5.41) is 2.53. The van der Waals surface area contributed by atoms with Crippen molar-refractivity contribution in [2.45, 2.75) is 12.7 Å². The van der Waals surface area contributed by atoms with E-state index < -0.39 is 23.6 Å². The minimum atomic E-state index is -4.42. The van der Waals surface area contributed by atoms with Gasteiger partial charge in [0.25, 0.3) is 5.91 Å². The Morgan fingerprint density at radius 1 is 1.17 bits per heavy atom. The molecule has 1 N–H and O–H groups in total. The second kappa shape index (κ2) is 8.13. The van der Waals surface area contributed by atoms with Crippen LogP contribution in [0.5, 0.6) is 0 Å². The second-order valence-electron chi connectivity index (χ2n) is 6.01. The highest BCUT2D eigenvalue weighted by Gasteiger charge is 2.30. The zero-order valence-electron chi connectivity index (χ0n) is 15.1. The number of esters is 1. The number of imidazole rings is 1. The summed E-state index contributed by atoms with van der Waals surface area (Å²) in [4.78, 5) is 31.5. The van der Waals surface area contributed by atoms with Crippen LogP contribution in [0.15, 0.2) is 55.1 Å². The zero-order chi connectivity index (χ0) is 21.0. The fraction of sp³-hybridized carbons (Fsp3) is 0.158. The van der Waals surface area contributed by atoms with Crippen LogP contribution in [0, 0.1) is 0 Å². The van der Waals surface area contributed by atoms with E-state index in [1.54, 1.807) is 10.6 Å². The molecule has 29 heavy (non-hydrogen) atoms. The van der Waals surface area contributed by atoms with Gasteiger partial charge >= 0.3 is 12.1 Å². The number of carbonyl (C=O) groups is 2. The van der Waals surface area contributed by atoms with Crippen molar-refractivity contribution in [1.82, 2.24) is 14.5 Å². The van der Waals surface area contributed by atoms with Crippen LogP contribution in [-0.4, -0.2) is 33.5 Å². The third-order valence-electron chi connectivity index (χ3n) is 3.91. The number of ether oxygens (including phenoxy) is 1. The highest BCUT2D eigenvalue weighted by Crippen LogP contribution is 2.29. The van der Waals surface area contributed by atoms with Crippen molar-refractivity contribution in [2.75, 3.05) is 12.4 Å². The Bertz CT molecular complexity index is 1030. The van der Waals surface area contributed by atoms with Crippen LogP contribution < -0.4 is 5.32 Å². The van der Waals surface area contributed by atoms with Gasteiger partial charge < -0.3 is 14.6 Å². The summed E-state index contributed by atoms with van der Waals surface area (Å²) in [7, 11) is 1.23. The molecular weight excluding hydrogens is 389 g/mol. The minimum absolute atomic E-state index is 0.0603. The number of rotatable bonds is 5. The predicted octanol–water partition coefficient (Wildman–Crippen LogP) is 3.38. The van der Waals surface area contributed by atoms with Crippen molar-refractivity contribution in [2.24, 2.45) is 0 Å². The van der Waals surface area contributed by atoms with Gasteiger partial charge in [0.1, 0.15) is 5.69 Å². The first-order chi connectivity index (χ1) is 13.8. The van der Waals surface area contributed by atoms with E-state index in [0.717, 1.165) is 12.1 Å². The number of carbonyl (C=O) groups excluding carboxylic acids is 2. The van der Waals surface area contributed by atoms with Crippen LogP contribution in [0.4, 0.5) is 19.0 Å². The number of hydrogen-bond acceptors (Lipinski definition) is 5. The largest absolute Gasteiger partial charge is 0.465 e. The number of amides is 1. The van der Waals surface area contributed by atoms with Gasteiger partial charge in [-0.1, -0.05) is 12.1 Å². The van der Waals surface area contributed by atoms with Gasteiger partial charge in [0.2, 0.25) is 0 Å². The van der Waals surface area contributed by atoms with Gasteiger partial charge in [-0.2, -0.15) is 13.2 Å². The zero-order valence-corrected chi connectivity index (χ0v) is 15.1. The van der Waals surface area contributed by atoms with E-state index in [2.05, 4.69) is 20.0 Å². The number of benzene rings is 1. The molecule has 0 atom stereocenters. The van der Waals surface area contributed by atoms with Crippen molar-refractivity contribution in [1.29, 1.82) is 0 Å². The molecule has 0 fully saturated rings. The van der Waals surface area contributed by atoms with Gasteiger partial charge in [-0.25, -0.2) is 9.78 Å². The fourth-order valence-electron chi connectivity index (χ4n) is 2.52. The summed E-state index contributed by atoms with van der Waals surface area (Å²) in [6, 6.07) is 7.73. The maximum Gasteiger partial charge on any atom is 0.416 e. The van der Waals surface area contributed by atoms with E-state index in [1.165, 1.54) is 44.0 Å². The molecule has 2 aromatic heterocycles. The minimum Gasteiger partial charge on any atom is -0.465 e. The first kappa shape index (κ1) is 20.1. The maximum atomic E-state index is 12.8. The number of alkyl halides is 3. The molecule has 1 aromatic carbocycles. The molecule has 0 unspecified atom stereocenters. The molecule has 3 aromatic rings. The van der Waals surface area contributed by atoms with E-state index in [1.807, 2.05) is 0 Å². The van der Waals surface area contributed by atoms with Crippen LogP contribution in [0.1, 0.15) is 32.0 Å². The lowest BCUT2D eigenvalue weighted by Gasteiger charge is -2.09. The standard InChI is InChI=1S/C19H15F3N4O3/c1-29-18(28)13-5-6-15(23-8-13)17(27)25-16-10-26(11-24-16)9-12-3-2-4-14(7-12)19(20,21)22/h2-8,10-11H,9H2,1H3,(H,25,27). The number of nitrogens with one attached hydrogen (secondary N) is 1. The van der Waals surface area contributed by atoms with Gasteiger partial charge in [0.05, 0.1) is 24.6 Å². The molecule has 0 saturated heterocycles. The van der Waals surface area contributed by atoms with Gasteiger partial charge in [0.15, 0.2) is 5.82 Å². The topological polar surface area (TPSA) is 86.1 Å². The smallest absolute Gasteiger partial charge is 0.416 e. The Hall–Kier alpha value is -3.69. The molecule has 2 heterocycles. The monoisotopic (exact) mass is 404 g/mol. The van der Waals surface area contributed by atoms with Gasteiger partial charge in [0, 0.05) is 18.9 Å². The number of aromatic nitrogens is 3. The molecule has 0 aliphatic rings. The van der Waals surface area contributed by atoms with Crippen LogP contribution in [-0.2, 0) is 17.5 Å². The number of nitrogens with zero attached hydrogens (tertiary/aromatic N) is 3. The van der Waals surface area contributed by atoms with Crippen LogP contribution in [0.3, 0.4) is 0 Å². The van der Waals surface area contributed by atoms with E-state index in [4.69, 9.17) is 0 Å². The van der Waals surface area contributed by atoms with E-state index in [-0.39, 0.29) is 23.6 Å². The summed E-state index contributed by atoms with van der Waals surface area (Å²) in [6.07, 6.45) is -0.321. The Labute approximate surface area is 163 Å². The SMILES string of the molecule is COC(=O)c1ccc(C(=O)Nc2cn(Cc3cccc(C(F)(F)F)c3)cn2)nc1. The van der Waals surface area contributed by atoms with Gasteiger partial charge in [-0.05, 0) is 29.8 Å². The van der Waals surface area contributed by atoms with Crippen LogP contribution in [0.2, 0.25) is 0 Å². The highest BCUT2D eigenvalue weighted by atomic mass is 19.4. The summed E-state index contributed by atoms with van der Waals surface area (Å²) in [5.41, 5.74) is -0.0280. The van der Waals surface area contributed by atoms with Gasteiger partial charge in [-0.3, -0.25) is 9.78 Å². The lowest BCUT2D eigenvalue weighted by molar-refractivity contribution is -0.137. The van der Waals surface area contributed by atoms with Crippen molar-refractivity contribution >= 4 is 17.7 Å². The lowest BCUT2D eigenvalue weighted by Crippen LogP contribution is -2.14. The lowest BCUT2D eigenvalue weighted by atomic mass is 10.1. The average Bonchev–Trinajstić information content (AvgIpc) is 3.13. The molecule has 150 valence electrons. The number of pyridine rings is 1. The van der Waals surface area contributed by atoms with E-state index in [0.29, 0.717) is 5.56 Å². The summed E-state index contributed by atoms with van der Waals surface area (Å²) in [6.45, 7) is 0.152. The summed E-state index contributed by atoms with van der Waals surface area (Å²) in [5.74, 6) is -0.913. The molecular formula is C19H15F3N4O3. The molecule has 0 aliphatic carbocycles. The molecule has 7 nitrogen and oxygen atoms in total. The average molecular weight is 404 g/mol. The second-order valence-corrected chi connectivity index (χ2v) is 6.01. The molecule has 10 heteroatoms. The first-order valence-electron chi connectivity index (χ1n) is 8.30.